The van der Waals surface area contributed by atoms with E-state index >= 15 is 0 Å². The molecule has 0 saturated carbocycles. The molecule has 2 aromatic carbocycles. The maximum Gasteiger partial charge on any atom is 0.270 e. The Hall–Kier alpha value is -2.28. The molecule has 0 aliphatic carbocycles. The van der Waals surface area contributed by atoms with Crippen molar-refractivity contribution in [1.82, 2.24) is 0 Å². The molecule has 7 heteroatoms. The quantitative estimate of drug-likeness (QED) is 0.351. The SMILES string of the molecule is CC([NH2+]CCC(=O)c1cccc([N+](=O)[O-])c1)C(O)c1ccccc1.[Cl-]. The zero-order chi connectivity index (χ0) is 17.5. The third-order valence-electron chi connectivity index (χ3n) is 3.93. The largest absolute Gasteiger partial charge is 1.00 e. The van der Waals surface area contributed by atoms with Gasteiger partial charge in [0, 0.05) is 17.7 Å². The van der Waals surface area contributed by atoms with E-state index in [1.54, 1.807) is 6.07 Å². The van der Waals surface area contributed by atoms with Crippen molar-refractivity contribution in [3.05, 3.63) is 75.8 Å². The molecule has 0 heterocycles. The number of hydrogen-bond donors (Lipinski definition) is 2. The minimum absolute atomic E-state index is 0. The molecular formula is C18H21ClN2O4. The topological polar surface area (TPSA) is 97.0 Å². The molecule has 0 aromatic heterocycles. The lowest BCUT2D eigenvalue weighted by Crippen LogP contribution is -3.00. The average molecular weight is 365 g/mol. The van der Waals surface area contributed by atoms with E-state index in [1.165, 1.54) is 18.2 Å². The number of nitro benzene ring substituents is 1. The fourth-order valence-electron chi connectivity index (χ4n) is 2.50. The Morgan fingerprint density at radius 2 is 1.88 bits per heavy atom. The van der Waals surface area contributed by atoms with Crippen molar-refractivity contribution in [1.29, 1.82) is 0 Å². The van der Waals surface area contributed by atoms with Crippen molar-refractivity contribution in [2.45, 2.75) is 25.5 Å². The Morgan fingerprint density at radius 3 is 2.52 bits per heavy atom. The highest BCUT2D eigenvalue weighted by molar-refractivity contribution is 5.96. The summed E-state index contributed by atoms with van der Waals surface area (Å²) in [7, 11) is 0. The summed E-state index contributed by atoms with van der Waals surface area (Å²) in [5.74, 6) is -0.142. The van der Waals surface area contributed by atoms with E-state index in [0.717, 1.165) is 5.56 Å². The molecular weight excluding hydrogens is 344 g/mol. The molecule has 0 aliphatic rings. The van der Waals surface area contributed by atoms with Gasteiger partial charge < -0.3 is 22.8 Å². The van der Waals surface area contributed by atoms with Gasteiger partial charge in [0.15, 0.2) is 5.78 Å². The maximum absolute atomic E-state index is 12.1. The van der Waals surface area contributed by atoms with Crippen molar-refractivity contribution in [3.8, 4) is 0 Å². The van der Waals surface area contributed by atoms with Gasteiger partial charge in [-0.05, 0) is 12.5 Å². The predicted molar refractivity (Wildman–Crippen MR) is 89.7 cm³/mol. The molecule has 0 bridgehead atoms. The molecule has 3 N–H and O–H groups in total. The molecule has 2 aromatic rings. The number of nitrogens with zero attached hydrogens (tertiary/aromatic N) is 1. The van der Waals surface area contributed by atoms with Gasteiger partial charge in [-0.2, -0.15) is 0 Å². The van der Waals surface area contributed by atoms with Crippen LogP contribution in [-0.4, -0.2) is 28.4 Å². The summed E-state index contributed by atoms with van der Waals surface area (Å²) in [5.41, 5.74) is 1.10. The van der Waals surface area contributed by atoms with Crippen molar-refractivity contribution in [2.24, 2.45) is 0 Å². The maximum atomic E-state index is 12.1. The summed E-state index contributed by atoms with van der Waals surface area (Å²) < 4.78 is 0. The van der Waals surface area contributed by atoms with Crippen molar-refractivity contribution < 1.29 is 32.5 Å². The smallest absolute Gasteiger partial charge is 0.270 e. The zero-order valence-electron chi connectivity index (χ0n) is 13.8. The van der Waals surface area contributed by atoms with Crippen LogP contribution in [0.2, 0.25) is 0 Å². The number of rotatable bonds is 8. The van der Waals surface area contributed by atoms with Crippen LogP contribution in [0.3, 0.4) is 0 Å². The summed E-state index contributed by atoms with van der Waals surface area (Å²) in [5, 5.41) is 22.9. The fraction of sp³-hybridized carbons (Fsp3) is 0.278. The second-order valence-corrected chi connectivity index (χ2v) is 5.72. The highest BCUT2D eigenvalue weighted by Crippen LogP contribution is 2.15. The van der Waals surface area contributed by atoms with Crippen LogP contribution in [0.1, 0.15) is 35.4 Å². The molecule has 2 rings (SSSR count). The van der Waals surface area contributed by atoms with E-state index in [-0.39, 0.29) is 36.3 Å². The number of ketones is 1. The van der Waals surface area contributed by atoms with Crippen LogP contribution < -0.4 is 17.7 Å². The minimum Gasteiger partial charge on any atom is -1.00 e. The molecule has 0 saturated heterocycles. The first-order valence-corrected chi connectivity index (χ1v) is 7.83. The Morgan fingerprint density at radius 1 is 1.20 bits per heavy atom. The van der Waals surface area contributed by atoms with Crippen LogP contribution in [0.15, 0.2) is 54.6 Å². The second-order valence-electron chi connectivity index (χ2n) is 5.72. The van der Waals surface area contributed by atoms with Gasteiger partial charge in [-0.25, -0.2) is 0 Å². The number of non-ortho nitro benzene ring substituents is 1. The number of carbonyl (C=O) groups is 1. The Balaban J connectivity index is 0.00000312. The first-order chi connectivity index (χ1) is 11.5. The zero-order valence-corrected chi connectivity index (χ0v) is 14.6. The standard InChI is InChI=1S/C18H20N2O4.ClH/c1-13(18(22)14-6-3-2-4-7-14)19-11-10-17(21)15-8-5-9-16(12-15)20(23)24;/h2-9,12-13,18-19,22H,10-11H2,1H3;1H. The van der Waals surface area contributed by atoms with Gasteiger partial charge in [0.05, 0.1) is 17.9 Å². The summed E-state index contributed by atoms with van der Waals surface area (Å²) in [6.07, 6.45) is -0.355. The van der Waals surface area contributed by atoms with Crippen LogP contribution in [-0.2, 0) is 0 Å². The van der Waals surface area contributed by atoms with Gasteiger partial charge in [0.2, 0.25) is 0 Å². The van der Waals surface area contributed by atoms with E-state index in [0.29, 0.717) is 12.1 Å². The number of aliphatic hydroxyl groups is 1. The van der Waals surface area contributed by atoms with E-state index in [1.807, 2.05) is 42.6 Å². The number of hydrogen-bond acceptors (Lipinski definition) is 4. The summed E-state index contributed by atoms with van der Waals surface area (Å²) in [6, 6.07) is 15.0. The van der Waals surface area contributed by atoms with E-state index < -0.39 is 11.0 Å². The molecule has 2 unspecified atom stereocenters. The van der Waals surface area contributed by atoms with Crippen molar-refractivity contribution in [3.63, 3.8) is 0 Å². The van der Waals surface area contributed by atoms with E-state index in [9.17, 15) is 20.0 Å². The third kappa shape index (κ3) is 5.94. The predicted octanol–water partition coefficient (Wildman–Crippen LogP) is -1.14. The lowest BCUT2D eigenvalue weighted by atomic mass is 10.0. The molecule has 0 spiro atoms. The summed E-state index contributed by atoms with van der Waals surface area (Å²) in [6.45, 7) is 2.40. The first-order valence-electron chi connectivity index (χ1n) is 7.83. The molecule has 0 amide bonds. The molecule has 2 atom stereocenters. The van der Waals surface area contributed by atoms with Gasteiger partial charge in [-0.15, -0.1) is 0 Å². The van der Waals surface area contributed by atoms with Crippen LogP contribution in [0, 0.1) is 10.1 Å². The average Bonchev–Trinajstić information content (AvgIpc) is 2.61. The normalized spacial score (nSPS) is 12.7. The lowest BCUT2D eigenvalue weighted by molar-refractivity contribution is -0.693. The number of quaternary nitrogens is 1. The summed E-state index contributed by atoms with van der Waals surface area (Å²) in [4.78, 5) is 22.4. The number of Topliss-reactive ketones (excluding diaryl/α,β-unsaturated/α-hetero) is 1. The molecule has 134 valence electrons. The van der Waals surface area contributed by atoms with E-state index in [2.05, 4.69) is 0 Å². The van der Waals surface area contributed by atoms with Crippen LogP contribution in [0.5, 0.6) is 0 Å². The Kier molecular flexibility index (Phi) is 8.21. The summed E-state index contributed by atoms with van der Waals surface area (Å²) >= 11 is 0. The van der Waals surface area contributed by atoms with Crippen LogP contribution in [0.4, 0.5) is 5.69 Å². The van der Waals surface area contributed by atoms with Crippen molar-refractivity contribution >= 4 is 11.5 Å². The van der Waals surface area contributed by atoms with Gasteiger partial charge in [0.1, 0.15) is 12.1 Å². The third-order valence-corrected chi connectivity index (χ3v) is 3.93. The monoisotopic (exact) mass is 364 g/mol. The van der Waals surface area contributed by atoms with Gasteiger partial charge in [-0.3, -0.25) is 14.9 Å². The van der Waals surface area contributed by atoms with Gasteiger partial charge in [-0.1, -0.05) is 42.5 Å². The van der Waals surface area contributed by atoms with Crippen LogP contribution in [0.25, 0.3) is 0 Å². The number of halogens is 1. The molecule has 25 heavy (non-hydrogen) atoms. The molecule has 0 aliphatic heterocycles. The number of nitro groups is 1. The minimum atomic E-state index is -0.612. The highest BCUT2D eigenvalue weighted by Gasteiger charge is 2.19. The lowest BCUT2D eigenvalue weighted by Gasteiger charge is -2.17. The number of carbonyl (C=O) groups excluding carboxylic acids is 1. The first kappa shape index (κ1) is 20.8. The Labute approximate surface area is 152 Å². The second kappa shape index (κ2) is 9.88. The molecule has 6 nitrogen and oxygen atoms in total. The number of nitrogens with two attached hydrogens (primary N) is 1. The molecule has 0 radical (unpaired) electrons. The van der Waals surface area contributed by atoms with Gasteiger partial charge >= 0.3 is 0 Å². The van der Waals surface area contributed by atoms with E-state index in [4.69, 9.17) is 0 Å². The number of benzene rings is 2. The fourth-order valence-corrected chi connectivity index (χ4v) is 2.50. The highest BCUT2D eigenvalue weighted by atomic mass is 35.5. The number of aliphatic hydroxyl groups excluding tert-OH is 1. The van der Waals surface area contributed by atoms with Crippen LogP contribution >= 0.6 is 0 Å². The van der Waals surface area contributed by atoms with Gasteiger partial charge in [0.25, 0.3) is 5.69 Å². The molecule has 0 fully saturated rings. The Bertz CT molecular complexity index is 709. The van der Waals surface area contributed by atoms with Crippen molar-refractivity contribution in [2.75, 3.05) is 6.54 Å².